The number of nitrogens with one attached hydrogen (secondary N) is 1. The number of aliphatic carboxylic acids is 1. The van der Waals surface area contributed by atoms with E-state index in [1.165, 1.54) is 0 Å². The number of aliphatic hydroxyl groups is 1. The summed E-state index contributed by atoms with van der Waals surface area (Å²) in [5, 5.41) is 21.0. The maximum absolute atomic E-state index is 10.6. The molecule has 0 aliphatic carbocycles. The average molecular weight is 353 g/mol. The van der Waals surface area contributed by atoms with E-state index in [-0.39, 0.29) is 11.8 Å². The first-order valence-corrected chi connectivity index (χ1v) is 7.45. The molecule has 0 aliphatic rings. The summed E-state index contributed by atoms with van der Waals surface area (Å²) >= 11 is 0. The van der Waals surface area contributed by atoms with Crippen LogP contribution in [0.25, 0.3) is 17.2 Å². The standard InChI is InChI=1S/C16H15N7O3/c17-13-12-14(23-16(18)22-13)20-7-10(21-12)6-19-9-3-1-8(2-4-9)5-11(24)15(25)26/h1-5,7,19,24H,6H2,(H,25,26)(H4,17,18,20,22,23). The van der Waals surface area contributed by atoms with Gasteiger partial charge in [-0.3, -0.25) is 0 Å². The smallest absolute Gasteiger partial charge is 0.370 e. The van der Waals surface area contributed by atoms with Gasteiger partial charge in [-0.25, -0.2) is 14.8 Å². The molecule has 10 nitrogen and oxygen atoms in total. The van der Waals surface area contributed by atoms with Gasteiger partial charge in [-0.1, -0.05) is 12.1 Å². The van der Waals surface area contributed by atoms with E-state index < -0.39 is 11.7 Å². The van der Waals surface area contributed by atoms with Crippen LogP contribution >= 0.6 is 0 Å². The number of anilines is 3. The van der Waals surface area contributed by atoms with Crippen LogP contribution in [0, 0.1) is 0 Å². The third-order valence-electron chi connectivity index (χ3n) is 3.41. The van der Waals surface area contributed by atoms with E-state index in [0.29, 0.717) is 29.0 Å². The van der Waals surface area contributed by atoms with E-state index >= 15 is 0 Å². The lowest BCUT2D eigenvalue weighted by atomic mass is 10.2. The summed E-state index contributed by atoms with van der Waals surface area (Å²) in [7, 11) is 0. The number of nitrogens with two attached hydrogens (primary N) is 2. The van der Waals surface area contributed by atoms with Gasteiger partial charge in [0, 0.05) is 5.69 Å². The van der Waals surface area contributed by atoms with Crippen molar-refractivity contribution in [2.75, 3.05) is 16.8 Å². The van der Waals surface area contributed by atoms with Crippen LogP contribution < -0.4 is 16.8 Å². The molecule has 0 fully saturated rings. The topological polar surface area (TPSA) is 173 Å². The van der Waals surface area contributed by atoms with Gasteiger partial charge in [0.25, 0.3) is 0 Å². The first-order valence-electron chi connectivity index (χ1n) is 7.45. The molecule has 1 aromatic carbocycles. The van der Waals surface area contributed by atoms with Crippen molar-refractivity contribution >= 4 is 40.7 Å². The number of aliphatic hydroxyl groups excluding tert-OH is 1. The molecule has 0 saturated carbocycles. The van der Waals surface area contributed by atoms with E-state index in [1.807, 2.05) is 0 Å². The first kappa shape index (κ1) is 16.9. The summed E-state index contributed by atoms with van der Waals surface area (Å²) in [4.78, 5) is 27.0. The summed E-state index contributed by atoms with van der Waals surface area (Å²) in [6.45, 7) is 0.377. The predicted molar refractivity (Wildman–Crippen MR) is 96.0 cm³/mol. The third-order valence-corrected chi connectivity index (χ3v) is 3.41. The zero-order valence-electron chi connectivity index (χ0n) is 13.4. The minimum absolute atomic E-state index is 0.0400. The molecular formula is C16H15N7O3. The molecule has 0 saturated heterocycles. The van der Waals surface area contributed by atoms with Gasteiger partial charge in [-0.05, 0) is 23.8 Å². The molecule has 0 spiro atoms. The zero-order chi connectivity index (χ0) is 18.7. The predicted octanol–water partition coefficient (Wildman–Crippen LogP) is 1.18. The molecule has 0 aliphatic heterocycles. The van der Waals surface area contributed by atoms with Gasteiger partial charge in [0.2, 0.25) is 11.7 Å². The van der Waals surface area contributed by atoms with Crippen molar-refractivity contribution in [1.82, 2.24) is 19.9 Å². The van der Waals surface area contributed by atoms with E-state index in [9.17, 15) is 9.90 Å². The van der Waals surface area contributed by atoms with Gasteiger partial charge >= 0.3 is 5.97 Å². The number of hydrogen-bond donors (Lipinski definition) is 5. The Morgan fingerprint density at radius 1 is 1.12 bits per heavy atom. The summed E-state index contributed by atoms with van der Waals surface area (Å²) in [5.41, 5.74) is 14.0. The quantitative estimate of drug-likeness (QED) is 0.331. The van der Waals surface area contributed by atoms with Crippen molar-refractivity contribution in [3.8, 4) is 0 Å². The van der Waals surface area contributed by atoms with Crippen molar-refractivity contribution in [2.24, 2.45) is 0 Å². The number of hydrogen-bond acceptors (Lipinski definition) is 9. The molecule has 3 aromatic rings. The van der Waals surface area contributed by atoms with E-state index in [4.69, 9.17) is 16.6 Å². The van der Waals surface area contributed by atoms with Crippen LogP contribution in [-0.4, -0.2) is 36.1 Å². The highest BCUT2D eigenvalue weighted by Crippen LogP contribution is 2.16. The lowest BCUT2D eigenvalue weighted by Crippen LogP contribution is -2.07. The monoisotopic (exact) mass is 353 g/mol. The van der Waals surface area contributed by atoms with Gasteiger partial charge < -0.3 is 27.0 Å². The van der Waals surface area contributed by atoms with Crippen molar-refractivity contribution in [1.29, 1.82) is 0 Å². The Kier molecular flexibility index (Phi) is 4.48. The fourth-order valence-electron chi connectivity index (χ4n) is 2.18. The van der Waals surface area contributed by atoms with Crippen LogP contribution in [0.4, 0.5) is 17.5 Å². The lowest BCUT2D eigenvalue weighted by molar-refractivity contribution is -0.135. The van der Waals surface area contributed by atoms with Crippen LogP contribution in [0.15, 0.2) is 36.2 Å². The molecule has 2 heterocycles. The second-order valence-electron chi connectivity index (χ2n) is 5.31. The Morgan fingerprint density at radius 3 is 2.54 bits per heavy atom. The molecule has 3 rings (SSSR count). The zero-order valence-corrected chi connectivity index (χ0v) is 13.4. The Bertz CT molecular complexity index is 1000. The van der Waals surface area contributed by atoms with Crippen molar-refractivity contribution in [3.05, 3.63) is 47.5 Å². The summed E-state index contributed by atoms with van der Waals surface area (Å²) in [5.74, 6) is -1.90. The fraction of sp³-hybridized carbons (Fsp3) is 0.0625. The maximum Gasteiger partial charge on any atom is 0.370 e. The SMILES string of the molecule is Nc1nc(N)c2nc(CNc3ccc(C=C(O)C(=O)O)cc3)cnc2n1. The molecule has 0 bridgehead atoms. The third kappa shape index (κ3) is 3.75. The summed E-state index contributed by atoms with van der Waals surface area (Å²) < 4.78 is 0. The number of nitrogen functional groups attached to an aromatic ring is 2. The van der Waals surface area contributed by atoms with Crippen molar-refractivity contribution in [2.45, 2.75) is 6.54 Å². The maximum atomic E-state index is 10.6. The van der Waals surface area contributed by atoms with E-state index in [0.717, 1.165) is 11.8 Å². The van der Waals surface area contributed by atoms with E-state index in [2.05, 4.69) is 25.3 Å². The number of carbonyl (C=O) groups is 1. The number of fused-ring (bicyclic) bond motifs is 1. The number of nitrogens with zero attached hydrogens (tertiary/aromatic N) is 4. The van der Waals surface area contributed by atoms with Gasteiger partial charge in [-0.2, -0.15) is 9.97 Å². The number of aromatic nitrogens is 4. The number of rotatable bonds is 5. The summed E-state index contributed by atoms with van der Waals surface area (Å²) in [6.07, 6.45) is 2.72. The number of carboxylic acids is 1. The molecule has 2 aromatic heterocycles. The Morgan fingerprint density at radius 2 is 1.85 bits per heavy atom. The molecule has 7 N–H and O–H groups in total. The van der Waals surface area contributed by atoms with Crippen LogP contribution in [0.5, 0.6) is 0 Å². The Balaban J connectivity index is 1.72. The highest BCUT2D eigenvalue weighted by Gasteiger charge is 2.08. The van der Waals surface area contributed by atoms with Crippen molar-refractivity contribution in [3.63, 3.8) is 0 Å². The fourth-order valence-corrected chi connectivity index (χ4v) is 2.18. The molecule has 132 valence electrons. The van der Waals surface area contributed by atoms with Crippen LogP contribution in [0.1, 0.15) is 11.3 Å². The second kappa shape index (κ2) is 6.89. The second-order valence-corrected chi connectivity index (χ2v) is 5.31. The normalized spacial score (nSPS) is 11.5. The molecular weight excluding hydrogens is 338 g/mol. The van der Waals surface area contributed by atoms with Gasteiger partial charge in [-0.15, -0.1) is 0 Å². The van der Waals surface area contributed by atoms with Gasteiger partial charge in [0.05, 0.1) is 18.4 Å². The molecule has 0 atom stereocenters. The molecule has 0 radical (unpaired) electrons. The largest absolute Gasteiger partial charge is 0.502 e. The van der Waals surface area contributed by atoms with Gasteiger partial charge in [0.15, 0.2) is 17.0 Å². The Hall–Kier alpha value is -3.95. The Labute approximate surface area is 147 Å². The van der Waals surface area contributed by atoms with Crippen LogP contribution in [0.3, 0.4) is 0 Å². The highest BCUT2D eigenvalue weighted by molar-refractivity contribution is 5.89. The number of benzene rings is 1. The van der Waals surface area contributed by atoms with Crippen molar-refractivity contribution < 1.29 is 15.0 Å². The van der Waals surface area contributed by atoms with E-state index in [1.54, 1.807) is 30.5 Å². The lowest BCUT2D eigenvalue weighted by Gasteiger charge is -2.07. The minimum atomic E-state index is -1.38. The first-order chi connectivity index (χ1) is 12.4. The van der Waals surface area contributed by atoms with Crippen LogP contribution in [0.2, 0.25) is 0 Å². The van der Waals surface area contributed by atoms with Crippen LogP contribution in [-0.2, 0) is 11.3 Å². The molecule has 10 heteroatoms. The summed E-state index contributed by atoms with van der Waals surface area (Å²) in [6, 6.07) is 6.82. The molecule has 0 unspecified atom stereocenters. The average Bonchev–Trinajstić information content (AvgIpc) is 2.61. The molecule has 26 heavy (non-hydrogen) atoms. The highest BCUT2D eigenvalue weighted by atomic mass is 16.4. The molecule has 0 amide bonds. The number of carboxylic acid groups (broad SMARTS) is 1. The van der Waals surface area contributed by atoms with Gasteiger partial charge in [0.1, 0.15) is 0 Å². The minimum Gasteiger partial charge on any atom is -0.502 e.